The van der Waals surface area contributed by atoms with Crippen molar-refractivity contribution in [2.45, 2.75) is 50.7 Å². The monoisotopic (exact) mass is 220 g/mol. The van der Waals surface area contributed by atoms with Crippen LogP contribution in [0.4, 0.5) is 0 Å². The Balaban J connectivity index is 2.32. The van der Waals surface area contributed by atoms with Crippen molar-refractivity contribution in [2.24, 2.45) is 0 Å². The minimum atomic E-state index is -1.08. The second kappa shape index (κ2) is 4.19. The Labute approximate surface area is 96.9 Å². The summed E-state index contributed by atoms with van der Waals surface area (Å²) < 4.78 is 0. The highest BCUT2D eigenvalue weighted by molar-refractivity contribution is 5.34. The van der Waals surface area contributed by atoms with E-state index in [2.05, 4.69) is 6.07 Å². The molecule has 2 rings (SSSR count). The van der Waals surface area contributed by atoms with E-state index in [9.17, 15) is 10.2 Å². The second-order valence-electron chi connectivity index (χ2n) is 5.31. The quantitative estimate of drug-likeness (QED) is 0.822. The molecule has 0 radical (unpaired) electrons. The Morgan fingerprint density at radius 3 is 2.38 bits per heavy atom. The van der Waals surface area contributed by atoms with E-state index in [4.69, 9.17) is 0 Å². The third kappa shape index (κ3) is 2.13. The Bertz CT molecular complexity index is 361. The largest absolute Gasteiger partial charge is 0.387 e. The molecule has 2 N–H and O–H groups in total. The van der Waals surface area contributed by atoms with Gasteiger partial charge >= 0.3 is 0 Å². The normalized spacial score (nSPS) is 19.2. The molecule has 88 valence electrons. The average Bonchev–Trinajstić information content (AvgIpc) is 2.13. The third-order valence-corrected chi connectivity index (χ3v) is 3.50. The van der Waals surface area contributed by atoms with Crippen molar-refractivity contribution in [1.82, 2.24) is 0 Å². The van der Waals surface area contributed by atoms with Gasteiger partial charge in [-0.3, -0.25) is 0 Å². The van der Waals surface area contributed by atoms with Crippen LogP contribution in [0.5, 0.6) is 0 Å². The zero-order valence-corrected chi connectivity index (χ0v) is 9.98. The van der Waals surface area contributed by atoms with Crippen LogP contribution in [0.25, 0.3) is 0 Å². The first-order valence-corrected chi connectivity index (χ1v) is 5.99. The fraction of sp³-hybridized carbons (Fsp3) is 0.571. The molecule has 1 aromatic rings. The predicted molar refractivity (Wildman–Crippen MR) is 64.3 cm³/mol. The summed E-state index contributed by atoms with van der Waals surface area (Å²) in [6.07, 6.45) is 2.88. The van der Waals surface area contributed by atoms with Crippen molar-refractivity contribution in [1.29, 1.82) is 0 Å². The summed E-state index contributed by atoms with van der Waals surface area (Å²) in [6, 6.07) is 7.94. The van der Waals surface area contributed by atoms with Gasteiger partial charge in [-0.25, -0.2) is 0 Å². The molecule has 1 unspecified atom stereocenters. The summed E-state index contributed by atoms with van der Waals surface area (Å²) in [4.78, 5) is 0. The summed E-state index contributed by atoms with van der Waals surface area (Å²) >= 11 is 0. The van der Waals surface area contributed by atoms with Gasteiger partial charge in [0, 0.05) is 0 Å². The number of aliphatic hydroxyl groups is 2. The minimum Gasteiger partial charge on any atom is -0.387 e. The zero-order valence-electron chi connectivity index (χ0n) is 9.98. The SMILES string of the molecule is CC(C)(O)C(O)c1ccccc1C1CCC1. The Kier molecular flexibility index (Phi) is 3.04. The van der Waals surface area contributed by atoms with Gasteiger partial charge in [0.2, 0.25) is 0 Å². The molecule has 0 spiro atoms. The lowest BCUT2D eigenvalue weighted by Gasteiger charge is -2.32. The lowest BCUT2D eigenvalue weighted by atomic mass is 9.76. The molecule has 1 aromatic carbocycles. The van der Waals surface area contributed by atoms with Crippen molar-refractivity contribution in [3.8, 4) is 0 Å². The molecule has 16 heavy (non-hydrogen) atoms. The first-order chi connectivity index (χ1) is 7.50. The fourth-order valence-corrected chi connectivity index (χ4v) is 2.23. The van der Waals surface area contributed by atoms with Crippen LogP contribution < -0.4 is 0 Å². The maximum absolute atomic E-state index is 10.2. The molecule has 0 saturated heterocycles. The lowest BCUT2D eigenvalue weighted by molar-refractivity contribution is -0.0503. The lowest BCUT2D eigenvalue weighted by Crippen LogP contribution is -2.30. The van der Waals surface area contributed by atoms with E-state index in [0.717, 1.165) is 5.56 Å². The molecular weight excluding hydrogens is 200 g/mol. The summed E-state index contributed by atoms with van der Waals surface area (Å²) in [5, 5.41) is 20.0. The highest BCUT2D eigenvalue weighted by atomic mass is 16.3. The summed E-state index contributed by atoms with van der Waals surface area (Å²) in [6.45, 7) is 3.30. The van der Waals surface area contributed by atoms with E-state index in [1.807, 2.05) is 18.2 Å². The maximum Gasteiger partial charge on any atom is 0.107 e. The number of hydrogen-bond donors (Lipinski definition) is 2. The van der Waals surface area contributed by atoms with Gasteiger partial charge in [-0.05, 0) is 43.7 Å². The summed E-state index contributed by atoms with van der Waals surface area (Å²) in [7, 11) is 0. The topological polar surface area (TPSA) is 40.5 Å². The third-order valence-electron chi connectivity index (χ3n) is 3.50. The summed E-state index contributed by atoms with van der Waals surface area (Å²) in [5.41, 5.74) is 1.02. The molecule has 0 bridgehead atoms. The highest BCUT2D eigenvalue weighted by Crippen LogP contribution is 2.41. The predicted octanol–water partition coefficient (Wildman–Crippen LogP) is 2.76. The fourth-order valence-electron chi connectivity index (χ4n) is 2.23. The van der Waals surface area contributed by atoms with E-state index in [1.54, 1.807) is 13.8 Å². The van der Waals surface area contributed by atoms with Crippen LogP contribution in [-0.4, -0.2) is 15.8 Å². The van der Waals surface area contributed by atoms with E-state index in [-0.39, 0.29) is 0 Å². The molecule has 0 heterocycles. The minimum absolute atomic E-state index is 0.577. The van der Waals surface area contributed by atoms with Crippen LogP contribution in [0.3, 0.4) is 0 Å². The van der Waals surface area contributed by atoms with Crippen molar-refractivity contribution in [3.63, 3.8) is 0 Å². The van der Waals surface area contributed by atoms with Crippen LogP contribution >= 0.6 is 0 Å². The molecule has 0 amide bonds. The molecule has 0 aliphatic heterocycles. The van der Waals surface area contributed by atoms with Crippen LogP contribution in [0, 0.1) is 0 Å². The van der Waals surface area contributed by atoms with Crippen molar-refractivity contribution in [3.05, 3.63) is 35.4 Å². The maximum atomic E-state index is 10.2. The number of rotatable bonds is 3. The molecule has 2 nitrogen and oxygen atoms in total. The van der Waals surface area contributed by atoms with E-state index >= 15 is 0 Å². The van der Waals surface area contributed by atoms with Crippen LogP contribution in [0.2, 0.25) is 0 Å². The Morgan fingerprint density at radius 1 is 1.25 bits per heavy atom. The molecule has 2 heteroatoms. The van der Waals surface area contributed by atoms with Gasteiger partial charge in [-0.1, -0.05) is 30.7 Å². The van der Waals surface area contributed by atoms with Gasteiger partial charge in [-0.15, -0.1) is 0 Å². The van der Waals surface area contributed by atoms with Gasteiger partial charge in [0.15, 0.2) is 0 Å². The molecule has 1 atom stereocenters. The Morgan fingerprint density at radius 2 is 1.88 bits per heavy atom. The van der Waals surface area contributed by atoms with E-state index < -0.39 is 11.7 Å². The van der Waals surface area contributed by atoms with E-state index in [0.29, 0.717) is 5.92 Å². The second-order valence-corrected chi connectivity index (χ2v) is 5.31. The highest BCUT2D eigenvalue weighted by Gasteiger charge is 2.31. The molecule has 0 aromatic heterocycles. The van der Waals surface area contributed by atoms with Gasteiger partial charge < -0.3 is 10.2 Å². The van der Waals surface area contributed by atoms with Crippen LogP contribution in [0.1, 0.15) is 56.3 Å². The number of aliphatic hydroxyl groups excluding tert-OH is 1. The molecule has 1 aliphatic carbocycles. The Hall–Kier alpha value is -0.860. The van der Waals surface area contributed by atoms with Gasteiger partial charge in [0.05, 0.1) is 5.60 Å². The van der Waals surface area contributed by atoms with Gasteiger partial charge in [0.1, 0.15) is 6.10 Å². The smallest absolute Gasteiger partial charge is 0.107 e. The van der Waals surface area contributed by atoms with Crippen molar-refractivity contribution in [2.75, 3.05) is 0 Å². The number of hydrogen-bond acceptors (Lipinski definition) is 2. The summed E-state index contributed by atoms with van der Waals surface area (Å²) in [5.74, 6) is 0.577. The molecule has 1 fully saturated rings. The molecule has 1 saturated carbocycles. The van der Waals surface area contributed by atoms with Crippen LogP contribution in [0.15, 0.2) is 24.3 Å². The van der Waals surface area contributed by atoms with Gasteiger partial charge in [-0.2, -0.15) is 0 Å². The van der Waals surface area contributed by atoms with Crippen molar-refractivity contribution >= 4 is 0 Å². The van der Waals surface area contributed by atoms with Crippen LogP contribution in [-0.2, 0) is 0 Å². The van der Waals surface area contributed by atoms with Crippen molar-refractivity contribution < 1.29 is 10.2 Å². The average molecular weight is 220 g/mol. The first kappa shape index (κ1) is 11.6. The molecule has 1 aliphatic rings. The molecular formula is C14H20O2. The number of benzene rings is 1. The zero-order chi connectivity index (χ0) is 11.8. The standard InChI is InChI=1S/C14H20O2/c1-14(2,16)13(15)12-9-4-3-8-11(12)10-6-5-7-10/h3-4,8-10,13,15-16H,5-7H2,1-2H3. The first-order valence-electron chi connectivity index (χ1n) is 5.99. The van der Waals surface area contributed by atoms with E-state index in [1.165, 1.54) is 24.8 Å². The van der Waals surface area contributed by atoms with Gasteiger partial charge in [0.25, 0.3) is 0 Å².